The van der Waals surface area contributed by atoms with Crippen molar-refractivity contribution in [2.45, 2.75) is 5.38 Å². The second kappa shape index (κ2) is 6.07. The summed E-state index contributed by atoms with van der Waals surface area (Å²) in [4.78, 5) is 0. The third-order valence-electron chi connectivity index (χ3n) is 2.62. The lowest BCUT2D eigenvalue weighted by molar-refractivity contribution is 0.354. The lowest BCUT2D eigenvalue weighted by Crippen LogP contribution is -1.97. The van der Waals surface area contributed by atoms with E-state index in [0.29, 0.717) is 32.5 Å². The van der Waals surface area contributed by atoms with Crippen LogP contribution in [0.25, 0.3) is 0 Å². The van der Waals surface area contributed by atoms with Crippen LogP contribution in [-0.4, -0.2) is 14.2 Å². The van der Waals surface area contributed by atoms with Crippen LogP contribution in [0.4, 0.5) is 0 Å². The summed E-state index contributed by atoms with van der Waals surface area (Å²) in [6, 6.07) is 6.98. The molecule has 2 rings (SSSR count). The first-order chi connectivity index (χ1) is 9.06. The zero-order valence-corrected chi connectivity index (χ0v) is 13.3. The van der Waals surface area contributed by atoms with Gasteiger partial charge in [-0.1, -0.05) is 11.6 Å². The molecule has 6 heteroatoms. The Kier molecular flexibility index (Phi) is 4.66. The zero-order chi connectivity index (χ0) is 14.0. The maximum absolute atomic E-state index is 6.38. The Morgan fingerprint density at radius 2 is 1.79 bits per heavy atom. The Hall–Kier alpha value is -0.840. The van der Waals surface area contributed by atoms with Crippen molar-refractivity contribution in [3.05, 3.63) is 45.3 Å². The molecular formula is C13H11BrCl2O3. The summed E-state index contributed by atoms with van der Waals surface area (Å²) >= 11 is 15.8. The second-order valence-corrected chi connectivity index (χ2v) is 5.36. The normalized spacial score (nSPS) is 12.3. The average molecular weight is 366 g/mol. The van der Waals surface area contributed by atoms with Crippen molar-refractivity contribution in [3.63, 3.8) is 0 Å². The monoisotopic (exact) mass is 364 g/mol. The van der Waals surface area contributed by atoms with E-state index in [1.165, 1.54) is 0 Å². The third kappa shape index (κ3) is 3.02. The van der Waals surface area contributed by atoms with E-state index in [9.17, 15) is 0 Å². The van der Waals surface area contributed by atoms with Crippen molar-refractivity contribution in [2.24, 2.45) is 0 Å². The fourth-order valence-corrected chi connectivity index (χ4v) is 2.62. The van der Waals surface area contributed by atoms with Gasteiger partial charge in [0.25, 0.3) is 0 Å². The second-order valence-electron chi connectivity index (χ2n) is 3.73. The van der Waals surface area contributed by atoms with Gasteiger partial charge in [-0.2, -0.15) is 0 Å². The summed E-state index contributed by atoms with van der Waals surface area (Å²) in [6.07, 6.45) is 0. The van der Waals surface area contributed by atoms with E-state index in [1.54, 1.807) is 38.5 Å². The van der Waals surface area contributed by atoms with Crippen LogP contribution in [0.2, 0.25) is 5.02 Å². The van der Waals surface area contributed by atoms with E-state index in [2.05, 4.69) is 15.9 Å². The molecule has 0 amide bonds. The van der Waals surface area contributed by atoms with Crippen molar-refractivity contribution in [3.8, 4) is 11.5 Å². The van der Waals surface area contributed by atoms with Crippen molar-refractivity contribution in [1.29, 1.82) is 0 Å². The van der Waals surface area contributed by atoms with Crippen molar-refractivity contribution in [1.82, 2.24) is 0 Å². The predicted octanol–water partition coefficient (Wildman–Crippen LogP) is 5.04. The first-order valence-corrected chi connectivity index (χ1v) is 6.98. The molecule has 2 aromatic rings. The number of ether oxygens (including phenoxy) is 2. The van der Waals surface area contributed by atoms with Crippen LogP contribution < -0.4 is 9.47 Å². The molecule has 3 nitrogen and oxygen atoms in total. The summed E-state index contributed by atoms with van der Waals surface area (Å²) in [7, 11) is 3.11. The number of hydrogen-bond donors (Lipinski definition) is 0. The molecule has 1 atom stereocenters. The topological polar surface area (TPSA) is 31.6 Å². The Balaban J connectivity index is 2.44. The number of benzene rings is 1. The highest BCUT2D eigenvalue weighted by molar-refractivity contribution is 9.10. The first kappa shape index (κ1) is 14.6. The van der Waals surface area contributed by atoms with Crippen molar-refractivity contribution < 1.29 is 13.9 Å². The highest BCUT2D eigenvalue weighted by atomic mass is 79.9. The van der Waals surface area contributed by atoms with Gasteiger partial charge < -0.3 is 13.9 Å². The smallest absolute Gasteiger partial charge is 0.169 e. The van der Waals surface area contributed by atoms with E-state index >= 15 is 0 Å². The number of halogens is 3. The van der Waals surface area contributed by atoms with Gasteiger partial charge in [0.05, 0.1) is 14.2 Å². The molecule has 1 unspecified atom stereocenters. The van der Waals surface area contributed by atoms with Gasteiger partial charge in [0.1, 0.15) is 11.1 Å². The van der Waals surface area contributed by atoms with Crippen LogP contribution in [0.15, 0.2) is 33.4 Å². The summed E-state index contributed by atoms with van der Waals surface area (Å²) < 4.78 is 16.5. The summed E-state index contributed by atoms with van der Waals surface area (Å²) in [5, 5.41) is -0.0104. The van der Waals surface area contributed by atoms with E-state index in [4.69, 9.17) is 37.1 Å². The van der Waals surface area contributed by atoms with Gasteiger partial charge in [0, 0.05) is 16.7 Å². The molecule has 0 aliphatic carbocycles. The summed E-state index contributed by atoms with van der Waals surface area (Å²) in [6.45, 7) is 0. The molecular weight excluding hydrogens is 355 g/mol. The number of methoxy groups -OCH3 is 2. The quantitative estimate of drug-likeness (QED) is 0.711. The molecule has 0 N–H and O–H groups in total. The van der Waals surface area contributed by atoms with Crippen LogP contribution in [-0.2, 0) is 0 Å². The van der Waals surface area contributed by atoms with Gasteiger partial charge in [-0.3, -0.25) is 0 Å². The minimum atomic E-state index is -0.501. The maximum atomic E-state index is 6.38. The van der Waals surface area contributed by atoms with Gasteiger partial charge in [0.15, 0.2) is 16.2 Å². The molecule has 1 aromatic carbocycles. The Morgan fingerprint density at radius 1 is 1.16 bits per heavy atom. The molecule has 0 aliphatic heterocycles. The van der Waals surface area contributed by atoms with Gasteiger partial charge in [-0.15, -0.1) is 11.6 Å². The average Bonchev–Trinajstić information content (AvgIpc) is 2.84. The number of furan rings is 1. The Bertz CT molecular complexity index is 583. The molecule has 0 radical (unpaired) electrons. The van der Waals surface area contributed by atoms with E-state index in [1.807, 2.05) is 0 Å². The first-order valence-electron chi connectivity index (χ1n) is 5.37. The third-order valence-corrected chi connectivity index (χ3v) is 3.82. The standard InChI is InChI=1S/C13H11BrCl2O3/c1-17-10-5-7(8(15)6-11(10)18-2)13(16)9-3-4-12(14)19-9/h3-6,13H,1-2H3. The molecule has 0 saturated heterocycles. The molecule has 1 aromatic heterocycles. The van der Waals surface area contributed by atoms with Crippen LogP contribution in [0, 0.1) is 0 Å². The fraction of sp³-hybridized carbons (Fsp3) is 0.231. The van der Waals surface area contributed by atoms with Gasteiger partial charge in [-0.25, -0.2) is 0 Å². The number of alkyl halides is 1. The molecule has 0 saturated carbocycles. The molecule has 1 heterocycles. The van der Waals surface area contributed by atoms with E-state index in [0.717, 1.165) is 0 Å². The SMILES string of the molecule is COc1cc(Cl)c(C(Cl)c2ccc(Br)o2)cc1OC. The minimum absolute atomic E-state index is 0.491. The molecule has 0 fully saturated rings. The zero-order valence-electron chi connectivity index (χ0n) is 10.2. The van der Waals surface area contributed by atoms with Gasteiger partial charge >= 0.3 is 0 Å². The summed E-state index contributed by atoms with van der Waals surface area (Å²) in [5.41, 5.74) is 0.697. The molecule has 102 valence electrons. The Morgan fingerprint density at radius 3 is 2.32 bits per heavy atom. The fourth-order valence-electron chi connectivity index (χ4n) is 1.68. The molecule has 0 spiro atoms. The van der Waals surface area contributed by atoms with Gasteiger partial charge in [0.2, 0.25) is 0 Å². The van der Waals surface area contributed by atoms with E-state index < -0.39 is 5.38 Å². The number of rotatable bonds is 4. The summed E-state index contributed by atoms with van der Waals surface area (Å²) in [5.74, 6) is 1.72. The van der Waals surface area contributed by atoms with Crippen LogP contribution >= 0.6 is 39.1 Å². The number of hydrogen-bond acceptors (Lipinski definition) is 3. The molecule has 0 aliphatic rings. The van der Waals surface area contributed by atoms with Crippen molar-refractivity contribution in [2.75, 3.05) is 14.2 Å². The van der Waals surface area contributed by atoms with Gasteiger partial charge in [-0.05, 0) is 34.1 Å². The Labute approximate surface area is 129 Å². The van der Waals surface area contributed by atoms with Crippen LogP contribution in [0.1, 0.15) is 16.7 Å². The minimum Gasteiger partial charge on any atom is -0.493 e. The molecule has 0 bridgehead atoms. The lowest BCUT2D eigenvalue weighted by atomic mass is 10.1. The molecule has 19 heavy (non-hydrogen) atoms. The predicted molar refractivity (Wildman–Crippen MR) is 78.7 cm³/mol. The van der Waals surface area contributed by atoms with Crippen LogP contribution in [0.5, 0.6) is 11.5 Å². The van der Waals surface area contributed by atoms with Crippen LogP contribution in [0.3, 0.4) is 0 Å². The van der Waals surface area contributed by atoms with E-state index in [-0.39, 0.29) is 0 Å². The maximum Gasteiger partial charge on any atom is 0.169 e. The largest absolute Gasteiger partial charge is 0.493 e. The lowest BCUT2D eigenvalue weighted by Gasteiger charge is -2.14. The van der Waals surface area contributed by atoms with Crippen molar-refractivity contribution >= 4 is 39.1 Å². The highest BCUT2D eigenvalue weighted by Crippen LogP contribution is 2.41. The highest BCUT2D eigenvalue weighted by Gasteiger charge is 2.20.